The highest BCUT2D eigenvalue weighted by atomic mass is 19.4. The number of halogens is 3. The molecule has 0 aliphatic carbocycles. The lowest BCUT2D eigenvalue weighted by Crippen LogP contribution is -2.19. The smallest absolute Gasteiger partial charge is 0.422 e. The molecule has 0 saturated carbocycles. The number of ketones is 1. The van der Waals surface area contributed by atoms with E-state index >= 15 is 0 Å². The topological polar surface area (TPSA) is 43.6 Å². The Hall–Kier alpha value is -2.83. The number of ether oxygens (including phenoxy) is 1. The number of hydrogen-bond acceptors (Lipinski definition) is 3. The number of carbonyl (C=O) groups is 1. The van der Waals surface area contributed by atoms with Crippen LogP contribution in [0.15, 0.2) is 54.9 Å². The van der Waals surface area contributed by atoms with Gasteiger partial charge in [-0.15, -0.1) is 0 Å². The maximum Gasteiger partial charge on any atom is 0.422 e. The van der Waals surface area contributed by atoms with Crippen molar-refractivity contribution in [1.82, 2.24) is 9.38 Å². The minimum absolute atomic E-state index is 0.00478. The summed E-state index contributed by atoms with van der Waals surface area (Å²) in [6.07, 6.45) is -0.457. The zero-order valence-corrected chi connectivity index (χ0v) is 13.2. The molecule has 0 atom stereocenters. The first-order valence-corrected chi connectivity index (χ1v) is 7.62. The van der Waals surface area contributed by atoms with Gasteiger partial charge in [0, 0.05) is 30.9 Å². The van der Waals surface area contributed by atoms with Gasteiger partial charge in [-0.3, -0.25) is 4.79 Å². The fourth-order valence-corrected chi connectivity index (χ4v) is 2.51. The van der Waals surface area contributed by atoms with Crippen molar-refractivity contribution in [2.24, 2.45) is 0 Å². The Morgan fingerprint density at radius 3 is 2.56 bits per heavy atom. The zero-order valence-electron chi connectivity index (χ0n) is 13.2. The van der Waals surface area contributed by atoms with E-state index in [1.807, 2.05) is 22.6 Å². The van der Waals surface area contributed by atoms with Crippen LogP contribution < -0.4 is 4.74 Å². The molecule has 2 aromatic heterocycles. The fourth-order valence-electron chi connectivity index (χ4n) is 2.51. The number of Topliss-reactive ketones (excluding diaryl/α,β-unsaturated/α-hetero) is 1. The van der Waals surface area contributed by atoms with E-state index in [9.17, 15) is 18.0 Å². The molecule has 0 bridgehead atoms. The Balaban J connectivity index is 1.60. The van der Waals surface area contributed by atoms with Crippen molar-refractivity contribution in [2.45, 2.75) is 19.0 Å². The summed E-state index contributed by atoms with van der Waals surface area (Å²) in [7, 11) is 0. The number of aromatic nitrogens is 2. The van der Waals surface area contributed by atoms with Gasteiger partial charge in [-0.2, -0.15) is 13.2 Å². The molecule has 0 aliphatic heterocycles. The highest BCUT2D eigenvalue weighted by Crippen LogP contribution is 2.19. The summed E-state index contributed by atoms with van der Waals surface area (Å²) >= 11 is 0. The first kappa shape index (κ1) is 17.0. The number of nitrogens with zero attached hydrogens (tertiary/aromatic N) is 2. The highest BCUT2D eigenvalue weighted by Gasteiger charge is 2.28. The molecule has 0 N–H and O–H groups in total. The summed E-state index contributed by atoms with van der Waals surface area (Å²) < 4.78 is 42.8. The predicted octanol–water partition coefficient (Wildman–Crippen LogP) is 3.63. The second-order valence-corrected chi connectivity index (χ2v) is 5.61. The average molecular weight is 348 g/mol. The lowest BCUT2D eigenvalue weighted by atomic mass is 10.1. The van der Waals surface area contributed by atoms with Crippen molar-refractivity contribution in [3.8, 4) is 5.75 Å². The lowest BCUT2D eigenvalue weighted by molar-refractivity contribution is -0.153. The van der Waals surface area contributed by atoms with E-state index in [4.69, 9.17) is 0 Å². The predicted molar refractivity (Wildman–Crippen MR) is 85.6 cm³/mol. The fraction of sp³-hybridized carbons (Fsp3) is 0.222. The van der Waals surface area contributed by atoms with Crippen LogP contribution in [-0.2, 0) is 17.6 Å². The molecule has 3 aromatic rings. The standard InChI is InChI=1S/C18H15F3N2O2/c19-18(20,21)12-25-16-6-4-13(5-7-16)10-15(24)11-14-2-1-3-17-22-8-9-23(14)17/h1-9H,10-12H2. The van der Waals surface area contributed by atoms with Crippen LogP contribution in [0.5, 0.6) is 5.75 Å². The molecule has 25 heavy (non-hydrogen) atoms. The molecular weight excluding hydrogens is 333 g/mol. The van der Waals surface area contributed by atoms with Crippen LogP contribution in [0.25, 0.3) is 5.65 Å². The third kappa shape index (κ3) is 4.59. The third-order valence-electron chi connectivity index (χ3n) is 3.62. The van der Waals surface area contributed by atoms with Crippen molar-refractivity contribution >= 4 is 11.4 Å². The van der Waals surface area contributed by atoms with Gasteiger partial charge in [-0.05, 0) is 29.8 Å². The number of rotatable bonds is 6. The Labute approximate surface area is 141 Å². The molecule has 7 heteroatoms. The summed E-state index contributed by atoms with van der Waals surface area (Å²) in [5, 5.41) is 0. The largest absolute Gasteiger partial charge is 0.484 e. The quantitative estimate of drug-likeness (QED) is 0.683. The molecule has 0 unspecified atom stereocenters. The van der Waals surface area contributed by atoms with Crippen molar-refractivity contribution in [1.29, 1.82) is 0 Å². The van der Waals surface area contributed by atoms with E-state index in [1.165, 1.54) is 12.1 Å². The Morgan fingerprint density at radius 1 is 1.08 bits per heavy atom. The minimum Gasteiger partial charge on any atom is -0.484 e. The van der Waals surface area contributed by atoms with E-state index in [2.05, 4.69) is 9.72 Å². The van der Waals surface area contributed by atoms with Crippen molar-refractivity contribution < 1.29 is 22.7 Å². The number of alkyl halides is 3. The van der Waals surface area contributed by atoms with Crippen LogP contribution in [-0.4, -0.2) is 28.0 Å². The monoisotopic (exact) mass is 348 g/mol. The van der Waals surface area contributed by atoms with Gasteiger partial charge < -0.3 is 9.14 Å². The van der Waals surface area contributed by atoms with Gasteiger partial charge in [-0.1, -0.05) is 18.2 Å². The molecule has 1 aromatic carbocycles. The van der Waals surface area contributed by atoms with Crippen LogP contribution >= 0.6 is 0 Å². The molecule has 4 nitrogen and oxygen atoms in total. The highest BCUT2D eigenvalue weighted by molar-refractivity contribution is 5.83. The summed E-state index contributed by atoms with van der Waals surface area (Å²) in [6.45, 7) is -1.33. The molecule has 130 valence electrons. The molecule has 0 radical (unpaired) electrons. The number of carbonyl (C=O) groups excluding carboxylic acids is 1. The molecular formula is C18H15F3N2O2. The van der Waals surface area contributed by atoms with Gasteiger partial charge in [0.15, 0.2) is 6.61 Å². The van der Waals surface area contributed by atoms with E-state index < -0.39 is 12.8 Å². The summed E-state index contributed by atoms with van der Waals surface area (Å²) in [5.74, 6) is 0.127. The lowest BCUT2D eigenvalue weighted by Gasteiger charge is -2.09. The van der Waals surface area contributed by atoms with Gasteiger partial charge in [0.05, 0.1) is 0 Å². The Kier molecular flexibility index (Phi) is 4.74. The Morgan fingerprint density at radius 2 is 1.84 bits per heavy atom. The van der Waals surface area contributed by atoms with E-state index in [1.54, 1.807) is 24.5 Å². The van der Waals surface area contributed by atoms with Gasteiger partial charge in [0.1, 0.15) is 17.2 Å². The van der Waals surface area contributed by atoms with Gasteiger partial charge in [0.2, 0.25) is 0 Å². The number of imidazole rings is 1. The van der Waals surface area contributed by atoms with Crippen molar-refractivity contribution in [3.63, 3.8) is 0 Å². The van der Waals surface area contributed by atoms with Crippen molar-refractivity contribution in [3.05, 3.63) is 66.1 Å². The molecule has 0 spiro atoms. The van der Waals surface area contributed by atoms with Crippen LogP contribution in [0.2, 0.25) is 0 Å². The molecule has 2 heterocycles. The maximum atomic E-state index is 12.3. The normalized spacial score (nSPS) is 11.6. The maximum absolute atomic E-state index is 12.3. The van der Waals surface area contributed by atoms with Crippen LogP contribution in [0.3, 0.4) is 0 Å². The number of fused-ring (bicyclic) bond motifs is 1. The number of pyridine rings is 1. The average Bonchev–Trinajstić information content (AvgIpc) is 3.03. The summed E-state index contributed by atoms with van der Waals surface area (Å²) in [6, 6.07) is 11.6. The first-order chi connectivity index (χ1) is 11.9. The second kappa shape index (κ2) is 6.96. The first-order valence-electron chi connectivity index (χ1n) is 7.62. The number of benzene rings is 1. The van der Waals surface area contributed by atoms with Gasteiger partial charge in [0.25, 0.3) is 0 Å². The van der Waals surface area contributed by atoms with Crippen LogP contribution in [0.1, 0.15) is 11.3 Å². The van der Waals surface area contributed by atoms with Crippen molar-refractivity contribution in [2.75, 3.05) is 6.61 Å². The van der Waals surface area contributed by atoms with E-state index in [0.717, 1.165) is 16.9 Å². The zero-order chi connectivity index (χ0) is 17.9. The summed E-state index contributed by atoms with van der Waals surface area (Å²) in [5.41, 5.74) is 2.34. The molecule has 0 aliphatic rings. The molecule has 0 saturated heterocycles. The second-order valence-electron chi connectivity index (χ2n) is 5.61. The SMILES string of the molecule is O=C(Cc1ccc(OCC(F)(F)F)cc1)Cc1cccc2nccn12. The van der Waals surface area contributed by atoms with Crippen LogP contribution in [0.4, 0.5) is 13.2 Å². The van der Waals surface area contributed by atoms with Crippen LogP contribution in [0, 0.1) is 0 Å². The van der Waals surface area contributed by atoms with E-state index in [-0.39, 0.29) is 24.4 Å². The Bertz CT molecular complexity index is 870. The third-order valence-corrected chi connectivity index (χ3v) is 3.62. The molecule has 0 amide bonds. The number of hydrogen-bond donors (Lipinski definition) is 0. The minimum atomic E-state index is -4.37. The molecule has 0 fully saturated rings. The molecule has 3 rings (SSSR count). The van der Waals surface area contributed by atoms with E-state index in [0.29, 0.717) is 0 Å². The summed E-state index contributed by atoms with van der Waals surface area (Å²) in [4.78, 5) is 16.4. The van der Waals surface area contributed by atoms with Gasteiger partial charge >= 0.3 is 6.18 Å². The van der Waals surface area contributed by atoms with Gasteiger partial charge in [-0.25, -0.2) is 4.98 Å².